The van der Waals surface area contributed by atoms with Gasteiger partial charge in [-0.2, -0.15) is 0 Å². The van der Waals surface area contributed by atoms with Crippen molar-refractivity contribution in [3.05, 3.63) is 70.6 Å². The van der Waals surface area contributed by atoms with Gasteiger partial charge in [-0.1, -0.05) is 48.0 Å². The number of aryl methyl sites for hydroxylation is 1. The third-order valence-corrected chi connectivity index (χ3v) is 7.23. The van der Waals surface area contributed by atoms with E-state index in [4.69, 9.17) is 0 Å². The summed E-state index contributed by atoms with van der Waals surface area (Å²) in [7, 11) is -7.30. The predicted octanol–water partition coefficient (Wildman–Crippen LogP) is 2.28. The van der Waals surface area contributed by atoms with Crippen LogP contribution in [0.4, 0.5) is 5.69 Å². The van der Waals surface area contributed by atoms with Crippen molar-refractivity contribution in [2.75, 3.05) is 23.1 Å². The minimum atomic E-state index is -3.71. The van der Waals surface area contributed by atoms with Crippen LogP contribution in [0.5, 0.6) is 0 Å². The quantitative estimate of drug-likeness (QED) is 0.765. The maximum atomic E-state index is 12.6. The maximum Gasteiger partial charge on any atom is 0.236 e. The number of hydrogen-bond donors (Lipinski definition) is 1. The lowest BCUT2D eigenvalue weighted by Crippen LogP contribution is -2.36. The number of sulfonamides is 2. The molecule has 0 saturated heterocycles. The lowest BCUT2D eigenvalue weighted by Gasteiger charge is -2.19. The molecule has 0 bridgehead atoms. The highest BCUT2D eigenvalue weighted by Crippen LogP contribution is 2.29. The first kappa shape index (κ1) is 19.6. The minimum Gasteiger partial charge on any atom is -0.270 e. The summed E-state index contributed by atoms with van der Waals surface area (Å²) >= 11 is 0. The summed E-state index contributed by atoms with van der Waals surface area (Å²) in [5.41, 5.74) is 3.51. The Kier molecular flexibility index (Phi) is 5.69. The number of nitrogens with one attached hydrogen (secondary N) is 1. The Morgan fingerprint density at radius 1 is 1.04 bits per heavy atom. The second kappa shape index (κ2) is 7.84. The Labute approximate surface area is 160 Å². The summed E-state index contributed by atoms with van der Waals surface area (Å²) < 4.78 is 53.0. The molecule has 0 atom stereocenters. The lowest BCUT2D eigenvalue weighted by molar-refractivity contribution is 0.586. The Morgan fingerprint density at radius 2 is 1.74 bits per heavy atom. The van der Waals surface area contributed by atoms with E-state index in [2.05, 4.69) is 4.72 Å². The number of nitrogens with zero attached hydrogens (tertiary/aromatic N) is 1. The first-order valence-electron chi connectivity index (χ1n) is 8.60. The van der Waals surface area contributed by atoms with Crippen LogP contribution in [0.15, 0.2) is 53.9 Å². The van der Waals surface area contributed by atoms with Gasteiger partial charge in [0, 0.05) is 18.5 Å². The van der Waals surface area contributed by atoms with Crippen LogP contribution in [-0.4, -0.2) is 35.7 Å². The largest absolute Gasteiger partial charge is 0.270 e. The molecule has 0 aliphatic carbocycles. The molecule has 27 heavy (non-hydrogen) atoms. The molecule has 0 unspecified atom stereocenters. The van der Waals surface area contributed by atoms with Crippen molar-refractivity contribution < 1.29 is 16.8 Å². The first-order chi connectivity index (χ1) is 12.8. The van der Waals surface area contributed by atoms with Crippen LogP contribution in [0.2, 0.25) is 0 Å². The first-order valence-corrected chi connectivity index (χ1v) is 11.8. The van der Waals surface area contributed by atoms with Gasteiger partial charge >= 0.3 is 0 Å². The van der Waals surface area contributed by atoms with E-state index in [0.717, 1.165) is 22.1 Å². The van der Waals surface area contributed by atoms with Crippen molar-refractivity contribution in [1.29, 1.82) is 0 Å². The fraction of sp³-hybridized carbons (Fsp3) is 0.263. The fourth-order valence-corrected chi connectivity index (χ4v) is 5.29. The molecule has 1 aliphatic heterocycles. The van der Waals surface area contributed by atoms with Crippen molar-refractivity contribution in [3.8, 4) is 0 Å². The molecule has 1 N–H and O–H groups in total. The van der Waals surface area contributed by atoms with Crippen molar-refractivity contribution in [2.24, 2.45) is 0 Å². The molecular weight excluding hydrogens is 384 g/mol. The Hall–Kier alpha value is -2.16. The molecule has 3 rings (SSSR count). The molecule has 0 fully saturated rings. The van der Waals surface area contributed by atoms with Gasteiger partial charge in [0.2, 0.25) is 20.0 Å². The molecular formula is C19H22N2O4S2. The highest BCUT2D eigenvalue weighted by Gasteiger charge is 2.28. The number of benzene rings is 2. The van der Waals surface area contributed by atoms with E-state index in [0.29, 0.717) is 18.7 Å². The Morgan fingerprint density at radius 3 is 2.48 bits per heavy atom. The molecule has 2 aromatic carbocycles. The van der Waals surface area contributed by atoms with E-state index in [1.165, 1.54) is 10.4 Å². The number of anilines is 1. The molecule has 1 aliphatic rings. The third-order valence-electron chi connectivity index (χ3n) is 4.36. The van der Waals surface area contributed by atoms with Gasteiger partial charge in [-0.25, -0.2) is 21.6 Å². The molecule has 6 nitrogen and oxygen atoms in total. The van der Waals surface area contributed by atoms with Crippen molar-refractivity contribution in [1.82, 2.24) is 4.72 Å². The van der Waals surface area contributed by atoms with E-state index >= 15 is 0 Å². The van der Waals surface area contributed by atoms with E-state index in [-0.39, 0.29) is 12.3 Å². The van der Waals surface area contributed by atoms with Crippen LogP contribution in [0.1, 0.15) is 16.7 Å². The Bertz CT molecular complexity index is 1040. The highest BCUT2D eigenvalue weighted by atomic mass is 32.2. The van der Waals surface area contributed by atoms with E-state index in [9.17, 15) is 16.8 Å². The molecule has 8 heteroatoms. The van der Waals surface area contributed by atoms with Gasteiger partial charge < -0.3 is 0 Å². The van der Waals surface area contributed by atoms with Crippen molar-refractivity contribution in [3.63, 3.8) is 0 Å². The number of para-hydroxylation sites is 1. The van der Waals surface area contributed by atoms with Crippen molar-refractivity contribution in [2.45, 2.75) is 13.3 Å². The van der Waals surface area contributed by atoms with Crippen molar-refractivity contribution >= 4 is 31.8 Å². The second-order valence-electron chi connectivity index (χ2n) is 6.42. The van der Waals surface area contributed by atoms with E-state index in [1.807, 2.05) is 43.3 Å². The Balaban J connectivity index is 1.59. The molecule has 0 radical (unpaired) electrons. The zero-order chi connectivity index (χ0) is 19.5. The van der Waals surface area contributed by atoms with Gasteiger partial charge in [0.25, 0.3) is 0 Å². The number of hydrogen-bond acceptors (Lipinski definition) is 4. The molecule has 1 heterocycles. The predicted molar refractivity (Wildman–Crippen MR) is 108 cm³/mol. The summed E-state index contributed by atoms with van der Waals surface area (Å²) in [5, 5.41) is 1.05. The third kappa shape index (κ3) is 4.97. The SMILES string of the molecule is Cc1ccc(/C=C/S(=O)(=O)NCCS(=O)(=O)N2CCc3ccccc32)cc1. The summed E-state index contributed by atoms with van der Waals surface area (Å²) in [4.78, 5) is 0. The smallest absolute Gasteiger partial charge is 0.236 e. The van der Waals surface area contributed by atoms with Crippen LogP contribution in [-0.2, 0) is 26.5 Å². The fourth-order valence-electron chi connectivity index (χ4n) is 2.91. The molecule has 0 aromatic heterocycles. The van der Waals surface area contributed by atoms with Gasteiger partial charge in [-0.3, -0.25) is 4.31 Å². The van der Waals surface area contributed by atoms with Crippen LogP contribution in [0, 0.1) is 6.92 Å². The molecule has 2 aromatic rings. The molecule has 144 valence electrons. The van der Waals surface area contributed by atoms with E-state index < -0.39 is 20.0 Å². The standard InChI is InChI=1S/C19H22N2O4S2/c1-16-6-8-17(9-7-16)11-14-26(22,23)20-12-15-27(24,25)21-13-10-18-4-2-3-5-19(18)21/h2-9,11,14,20H,10,12-13,15H2,1H3/b14-11+. The molecule has 0 amide bonds. The summed E-state index contributed by atoms with van der Waals surface area (Å²) in [5.74, 6) is -0.293. The van der Waals surface area contributed by atoms with Gasteiger partial charge in [-0.15, -0.1) is 0 Å². The van der Waals surface area contributed by atoms with Crippen LogP contribution in [0.3, 0.4) is 0 Å². The number of fused-ring (bicyclic) bond motifs is 1. The van der Waals surface area contributed by atoms with Crippen LogP contribution < -0.4 is 9.03 Å². The molecule has 0 saturated carbocycles. The van der Waals surface area contributed by atoms with Gasteiger partial charge in [0.15, 0.2) is 0 Å². The van der Waals surface area contributed by atoms with Gasteiger partial charge in [0.05, 0.1) is 11.4 Å². The summed E-state index contributed by atoms with van der Waals surface area (Å²) in [6.45, 7) is 2.16. The summed E-state index contributed by atoms with van der Waals surface area (Å²) in [6.07, 6.45) is 2.15. The second-order valence-corrected chi connectivity index (χ2v) is 10.1. The average Bonchev–Trinajstić information content (AvgIpc) is 3.06. The van der Waals surface area contributed by atoms with Gasteiger partial charge in [0.1, 0.15) is 0 Å². The number of rotatable bonds is 7. The average molecular weight is 407 g/mol. The summed E-state index contributed by atoms with van der Waals surface area (Å²) in [6, 6.07) is 14.8. The van der Waals surface area contributed by atoms with E-state index in [1.54, 1.807) is 12.1 Å². The monoisotopic (exact) mass is 406 g/mol. The molecule has 0 spiro atoms. The normalized spacial score (nSPS) is 14.6. The topological polar surface area (TPSA) is 83.5 Å². The lowest BCUT2D eigenvalue weighted by atomic mass is 10.2. The van der Waals surface area contributed by atoms with Crippen LogP contribution >= 0.6 is 0 Å². The van der Waals surface area contributed by atoms with Crippen LogP contribution in [0.25, 0.3) is 6.08 Å². The zero-order valence-corrected chi connectivity index (χ0v) is 16.6. The van der Waals surface area contributed by atoms with Gasteiger partial charge in [-0.05, 0) is 36.6 Å². The maximum absolute atomic E-state index is 12.6. The zero-order valence-electron chi connectivity index (χ0n) is 15.0. The minimum absolute atomic E-state index is 0.179. The highest BCUT2D eigenvalue weighted by molar-refractivity contribution is 7.93.